The molecule has 1 saturated carbocycles. The summed E-state index contributed by atoms with van der Waals surface area (Å²) in [6, 6.07) is 0.673. The zero-order chi connectivity index (χ0) is 9.42. The third-order valence-corrected chi connectivity index (χ3v) is 4.06. The molecule has 1 heterocycles. The summed E-state index contributed by atoms with van der Waals surface area (Å²) >= 11 is 0. The number of fused-ring (bicyclic) bond motifs is 1. The number of piperidine rings is 1. The molecule has 2 N–H and O–H groups in total. The van der Waals surface area contributed by atoms with Crippen molar-refractivity contribution in [2.75, 3.05) is 6.54 Å². The van der Waals surface area contributed by atoms with Crippen molar-refractivity contribution in [2.24, 2.45) is 17.8 Å². The van der Waals surface area contributed by atoms with Gasteiger partial charge in [0.05, 0.1) is 6.10 Å². The summed E-state index contributed by atoms with van der Waals surface area (Å²) in [5.74, 6) is 1.86. The number of aliphatic hydroxyl groups excluding tert-OH is 1. The van der Waals surface area contributed by atoms with Crippen LogP contribution in [0.15, 0.2) is 0 Å². The Kier molecular flexibility index (Phi) is 2.61. The monoisotopic (exact) mass is 183 g/mol. The lowest BCUT2D eigenvalue weighted by Crippen LogP contribution is -2.54. The number of aliphatic hydroxyl groups is 1. The van der Waals surface area contributed by atoms with Crippen LogP contribution in [0.4, 0.5) is 0 Å². The minimum atomic E-state index is -0.0591. The predicted octanol–water partition coefficient (Wildman–Crippen LogP) is 1.39. The highest BCUT2D eigenvalue weighted by Gasteiger charge is 2.40. The molecule has 5 unspecified atom stereocenters. The topological polar surface area (TPSA) is 32.3 Å². The van der Waals surface area contributed by atoms with Gasteiger partial charge in [-0.05, 0) is 43.6 Å². The molecule has 0 amide bonds. The van der Waals surface area contributed by atoms with Crippen molar-refractivity contribution in [3.05, 3.63) is 0 Å². The molecule has 0 aromatic rings. The summed E-state index contributed by atoms with van der Waals surface area (Å²) < 4.78 is 0. The molecule has 2 heteroatoms. The summed E-state index contributed by atoms with van der Waals surface area (Å²) in [5.41, 5.74) is 0. The maximum atomic E-state index is 9.86. The third-order valence-electron chi connectivity index (χ3n) is 4.06. The molecule has 0 spiro atoms. The fourth-order valence-electron chi connectivity index (χ4n) is 3.18. The van der Waals surface area contributed by atoms with Crippen molar-refractivity contribution in [2.45, 2.75) is 45.3 Å². The van der Waals surface area contributed by atoms with Gasteiger partial charge in [-0.1, -0.05) is 13.8 Å². The normalized spacial score (nSPS) is 51.5. The molecule has 0 radical (unpaired) electrons. The van der Waals surface area contributed by atoms with Crippen LogP contribution in [0.25, 0.3) is 0 Å². The molecule has 0 aromatic heterocycles. The van der Waals surface area contributed by atoms with E-state index in [1.165, 1.54) is 19.4 Å². The van der Waals surface area contributed by atoms with Crippen molar-refractivity contribution < 1.29 is 5.11 Å². The summed E-state index contributed by atoms with van der Waals surface area (Å²) in [6.07, 6.45) is 3.51. The number of rotatable bonds is 0. The second kappa shape index (κ2) is 3.58. The lowest BCUT2D eigenvalue weighted by Gasteiger charge is -2.46. The van der Waals surface area contributed by atoms with Gasteiger partial charge in [-0.25, -0.2) is 0 Å². The Balaban J connectivity index is 2.10. The quantitative estimate of drug-likeness (QED) is 0.595. The molecule has 1 aliphatic carbocycles. The lowest BCUT2D eigenvalue weighted by molar-refractivity contribution is -0.0147. The van der Waals surface area contributed by atoms with Gasteiger partial charge in [-0.3, -0.25) is 0 Å². The van der Waals surface area contributed by atoms with E-state index in [2.05, 4.69) is 19.2 Å². The van der Waals surface area contributed by atoms with Crippen LogP contribution in [0.5, 0.6) is 0 Å². The van der Waals surface area contributed by atoms with E-state index in [1.54, 1.807) is 0 Å². The number of hydrogen-bond donors (Lipinski definition) is 2. The van der Waals surface area contributed by atoms with Crippen molar-refractivity contribution in [3.8, 4) is 0 Å². The zero-order valence-electron chi connectivity index (χ0n) is 8.66. The van der Waals surface area contributed by atoms with Gasteiger partial charge in [0.2, 0.25) is 0 Å². The zero-order valence-corrected chi connectivity index (χ0v) is 8.66. The summed E-state index contributed by atoms with van der Waals surface area (Å²) in [7, 11) is 0. The first-order chi connectivity index (χ1) is 6.20. The fraction of sp³-hybridized carbons (Fsp3) is 1.00. The Morgan fingerprint density at radius 3 is 2.85 bits per heavy atom. The van der Waals surface area contributed by atoms with E-state index in [1.807, 2.05) is 0 Å². The minimum absolute atomic E-state index is 0.0591. The Labute approximate surface area is 80.7 Å². The largest absolute Gasteiger partial charge is 0.393 e. The van der Waals surface area contributed by atoms with Gasteiger partial charge in [0, 0.05) is 6.04 Å². The van der Waals surface area contributed by atoms with Gasteiger partial charge in [-0.15, -0.1) is 0 Å². The molecule has 1 saturated heterocycles. The SMILES string of the molecule is CC1CC(O)C(C)C2CCCNC12. The molecular formula is C11H21NO. The van der Waals surface area contributed by atoms with Crippen LogP contribution in [-0.2, 0) is 0 Å². The average molecular weight is 183 g/mol. The Bertz CT molecular complexity index is 183. The van der Waals surface area contributed by atoms with E-state index in [0.717, 1.165) is 6.42 Å². The van der Waals surface area contributed by atoms with Gasteiger partial charge in [0.1, 0.15) is 0 Å². The van der Waals surface area contributed by atoms with Crippen molar-refractivity contribution in [1.82, 2.24) is 5.32 Å². The van der Waals surface area contributed by atoms with Crippen LogP contribution in [0, 0.1) is 17.8 Å². The molecule has 1 aliphatic heterocycles. The van der Waals surface area contributed by atoms with Crippen LogP contribution >= 0.6 is 0 Å². The second-order valence-corrected chi connectivity index (χ2v) is 4.93. The summed E-state index contributed by atoms with van der Waals surface area (Å²) in [5, 5.41) is 13.5. The molecule has 5 atom stereocenters. The van der Waals surface area contributed by atoms with E-state index in [9.17, 15) is 5.11 Å². The molecule has 76 valence electrons. The van der Waals surface area contributed by atoms with Gasteiger partial charge in [-0.2, -0.15) is 0 Å². The van der Waals surface area contributed by atoms with Gasteiger partial charge in [0.15, 0.2) is 0 Å². The van der Waals surface area contributed by atoms with Crippen LogP contribution in [0.3, 0.4) is 0 Å². The Morgan fingerprint density at radius 2 is 2.08 bits per heavy atom. The molecular weight excluding hydrogens is 162 g/mol. The predicted molar refractivity (Wildman–Crippen MR) is 53.5 cm³/mol. The van der Waals surface area contributed by atoms with Crippen LogP contribution in [0.1, 0.15) is 33.1 Å². The maximum absolute atomic E-state index is 9.86. The fourth-order valence-corrected chi connectivity index (χ4v) is 3.18. The van der Waals surface area contributed by atoms with E-state index < -0.39 is 0 Å². The highest BCUT2D eigenvalue weighted by Crippen LogP contribution is 2.38. The van der Waals surface area contributed by atoms with E-state index in [0.29, 0.717) is 23.8 Å². The van der Waals surface area contributed by atoms with E-state index in [-0.39, 0.29) is 6.10 Å². The van der Waals surface area contributed by atoms with Crippen molar-refractivity contribution in [1.29, 1.82) is 0 Å². The first kappa shape index (κ1) is 9.47. The van der Waals surface area contributed by atoms with Gasteiger partial charge in [0.25, 0.3) is 0 Å². The number of nitrogens with one attached hydrogen (secondary N) is 1. The molecule has 13 heavy (non-hydrogen) atoms. The lowest BCUT2D eigenvalue weighted by atomic mass is 9.67. The molecule has 0 aromatic carbocycles. The number of hydrogen-bond acceptors (Lipinski definition) is 2. The molecule has 2 nitrogen and oxygen atoms in total. The Hall–Kier alpha value is -0.0800. The first-order valence-corrected chi connectivity index (χ1v) is 5.61. The van der Waals surface area contributed by atoms with Gasteiger partial charge >= 0.3 is 0 Å². The Morgan fingerprint density at radius 1 is 1.31 bits per heavy atom. The molecule has 0 bridgehead atoms. The standard InChI is InChI=1S/C11H21NO/c1-7-6-10(13)8(2)9-4-3-5-12-11(7)9/h7-13H,3-6H2,1-2H3. The van der Waals surface area contributed by atoms with Crippen molar-refractivity contribution in [3.63, 3.8) is 0 Å². The highest BCUT2D eigenvalue weighted by molar-refractivity contribution is 4.94. The summed E-state index contributed by atoms with van der Waals surface area (Å²) in [6.45, 7) is 5.65. The highest BCUT2D eigenvalue weighted by atomic mass is 16.3. The third kappa shape index (κ3) is 1.62. The van der Waals surface area contributed by atoms with Crippen LogP contribution in [-0.4, -0.2) is 23.8 Å². The van der Waals surface area contributed by atoms with E-state index >= 15 is 0 Å². The van der Waals surface area contributed by atoms with Crippen LogP contribution in [0.2, 0.25) is 0 Å². The van der Waals surface area contributed by atoms with E-state index in [4.69, 9.17) is 0 Å². The molecule has 2 fully saturated rings. The first-order valence-electron chi connectivity index (χ1n) is 5.61. The van der Waals surface area contributed by atoms with Crippen LogP contribution < -0.4 is 5.32 Å². The average Bonchev–Trinajstić information content (AvgIpc) is 2.15. The maximum Gasteiger partial charge on any atom is 0.0572 e. The summed E-state index contributed by atoms with van der Waals surface area (Å²) in [4.78, 5) is 0. The smallest absolute Gasteiger partial charge is 0.0572 e. The van der Waals surface area contributed by atoms with Gasteiger partial charge < -0.3 is 10.4 Å². The molecule has 2 aliphatic rings. The van der Waals surface area contributed by atoms with Crippen molar-refractivity contribution >= 4 is 0 Å². The second-order valence-electron chi connectivity index (χ2n) is 4.93. The molecule has 2 rings (SSSR count). The minimum Gasteiger partial charge on any atom is -0.393 e.